The lowest BCUT2D eigenvalue weighted by Crippen LogP contribution is -2.30. The molecule has 0 spiro atoms. The summed E-state index contributed by atoms with van der Waals surface area (Å²) in [6, 6.07) is 6.34. The Kier molecular flexibility index (Phi) is 5.41. The summed E-state index contributed by atoms with van der Waals surface area (Å²) in [5.41, 5.74) is 5.75. The summed E-state index contributed by atoms with van der Waals surface area (Å²) in [6.45, 7) is 0.441. The zero-order chi connectivity index (χ0) is 18.0. The third kappa shape index (κ3) is 3.71. The molecule has 1 atom stereocenters. The minimum absolute atomic E-state index is 0.00942. The van der Waals surface area contributed by atoms with E-state index in [1.165, 1.54) is 17.0 Å². The van der Waals surface area contributed by atoms with Crippen molar-refractivity contribution in [2.45, 2.75) is 0 Å². The molecule has 2 aromatic heterocycles. The maximum Gasteiger partial charge on any atom is 0.390 e. The molecule has 1 unspecified atom stereocenters. The number of alkyl halides is 2. The van der Waals surface area contributed by atoms with Gasteiger partial charge in [0.1, 0.15) is 0 Å². The van der Waals surface area contributed by atoms with Crippen molar-refractivity contribution in [2.24, 2.45) is 5.50 Å². The van der Waals surface area contributed by atoms with Crippen LogP contribution in [-0.2, 0) is 4.57 Å². The largest absolute Gasteiger partial charge is 0.460 e. The lowest BCUT2D eigenvalue weighted by atomic mass is 10.1. The molecule has 134 valence electrons. The predicted molar refractivity (Wildman–Crippen MR) is 97.7 cm³/mol. The van der Waals surface area contributed by atoms with Crippen LogP contribution in [0.15, 0.2) is 44.2 Å². The summed E-state index contributed by atoms with van der Waals surface area (Å²) >= 11 is 11.5. The molecule has 25 heavy (non-hydrogen) atoms. The Morgan fingerprint density at radius 3 is 2.48 bits per heavy atom. The van der Waals surface area contributed by atoms with E-state index in [-0.39, 0.29) is 41.8 Å². The fourth-order valence-electron chi connectivity index (χ4n) is 2.46. The SMILES string of the molecule is NP(=O)(Oc1c2occc2cc2ccc(=O)oc12)N(CCCl)CCCl. The van der Waals surface area contributed by atoms with Gasteiger partial charge in [-0.15, -0.1) is 23.2 Å². The second-order valence-electron chi connectivity index (χ2n) is 5.20. The quantitative estimate of drug-likeness (QED) is 0.363. The number of rotatable bonds is 7. The smallest absolute Gasteiger partial charge is 0.390 e. The summed E-state index contributed by atoms with van der Waals surface area (Å²) in [4.78, 5) is 11.6. The van der Waals surface area contributed by atoms with Crippen LogP contribution < -0.4 is 15.7 Å². The van der Waals surface area contributed by atoms with Crippen LogP contribution in [-0.4, -0.2) is 29.5 Å². The van der Waals surface area contributed by atoms with Crippen molar-refractivity contribution in [3.63, 3.8) is 0 Å². The Hall–Kier alpha value is -1.50. The van der Waals surface area contributed by atoms with E-state index in [1.54, 1.807) is 18.2 Å². The second kappa shape index (κ2) is 7.40. The number of fused-ring (bicyclic) bond motifs is 2. The van der Waals surface area contributed by atoms with Crippen LogP contribution in [0.25, 0.3) is 21.9 Å². The first-order valence-corrected chi connectivity index (χ1v) is 10.1. The first kappa shape index (κ1) is 18.3. The van der Waals surface area contributed by atoms with Gasteiger partial charge in [0.2, 0.25) is 5.75 Å². The van der Waals surface area contributed by atoms with Crippen LogP contribution in [0.3, 0.4) is 0 Å². The topological polar surface area (TPSA) is 98.9 Å². The molecule has 7 nitrogen and oxygen atoms in total. The number of benzene rings is 1. The highest BCUT2D eigenvalue weighted by molar-refractivity contribution is 7.54. The van der Waals surface area contributed by atoms with Gasteiger partial charge in [-0.1, -0.05) is 0 Å². The minimum Gasteiger partial charge on any atom is -0.460 e. The molecule has 0 saturated carbocycles. The number of hydrogen-bond acceptors (Lipinski definition) is 5. The molecular weight excluding hydrogens is 390 g/mol. The van der Waals surface area contributed by atoms with Crippen LogP contribution in [0, 0.1) is 0 Å². The Morgan fingerprint density at radius 2 is 1.80 bits per heavy atom. The molecule has 0 bridgehead atoms. The van der Waals surface area contributed by atoms with E-state index < -0.39 is 13.3 Å². The first-order chi connectivity index (χ1) is 12.0. The zero-order valence-electron chi connectivity index (χ0n) is 13.0. The van der Waals surface area contributed by atoms with Crippen LogP contribution in [0.2, 0.25) is 0 Å². The molecule has 0 saturated heterocycles. The fourth-order valence-corrected chi connectivity index (χ4v) is 4.41. The second-order valence-corrected chi connectivity index (χ2v) is 7.84. The first-order valence-electron chi connectivity index (χ1n) is 7.36. The van der Waals surface area contributed by atoms with E-state index in [1.807, 2.05) is 0 Å². The van der Waals surface area contributed by atoms with Crippen molar-refractivity contribution in [3.05, 3.63) is 40.9 Å². The van der Waals surface area contributed by atoms with Gasteiger partial charge in [-0.3, -0.25) is 0 Å². The molecule has 2 N–H and O–H groups in total. The van der Waals surface area contributed by atoms with E-state index in [9.17, 15) is 9.36 Å². The van der Waals surface area contributed by atoms with Gasteiger partial charge in [-0.2, -0.15) is 0 Å². The van der Waals surface area contributed by atoms with E-state index in [2.05, 4.69) is 0 Å². The van der Waals surface area contributed by atoms with E-state index >= 15 is 0 Å². The highest BCUT2D eigenvalue weighted by atomic mass is 35.5. The van der Waals surface area contributed by atoms with Crippen molar-refractivity contribution >= 4 is 52.8 Å². The molecule has 0 aliphatic rings. The summed E-state index contributed by atoms with van der Waals surface area (Å²) in [6.07, 6.45) is 1.45. The van der Waals surface area contributed by atoms with Crippen molar-refractivity contribution in [1.29, 1.82) is 0 Å². The van der Waals surface area contributed by atoms with E-state index in [0.717, 1.165) is 0 Å². The number of nitrogens with two attached hydrogens (primary N) is 1. The number of furan rings is 1. The van der Waals surface area contributed by atoms with Gasteiger partial charge < -0.3 is 13.4 Å². The molecular formula is C15H15Cl2N2O5P. The number of hydrogen-bond donors (Lipinski definition) is 1. The molecule has 0 fully saturated rings. The van der Waals surface area contributed by atoms with E-state index in [0.29, 0.717) is 10.8 Å². The predicted octanol–water partition coefficient (Wildman–Crippen LogP) is 3.76. The third-order valence-electron chi connectivity index (χ3n) is 3.58. The number of halogens is 2. The summed E-state index contributed by atoms with van der Waals surface area (Å²) in [5.74, 6) is 0.403. The van der Waals surface area contributed by atoms with Crippen molar-refractivity contribution in [2.75, 3.05) is 24.8 Å². The molecule has 10 heteroatoms. The van der Waals surface area contributed by atoms with Crippen molar-refractivity contribution in [3.8, 4) is 5.75 Å². The molecule has 1 aromatic carbocycles. The van der Waals surface area contributed by atoms with Crippen LogP contribution in [0.1, 0.15) is 0 Å². The highest BCUT2D eigenvalue weighted by Crippen LogP contribution is 2.47. The minimum atomic E-state index is -3.81. The lowest BCUT2D eigenvalue weighted by molar-refractivity contribution is 0.371. The number of nitrogens with zero attached hydrogens (tertiary/aromatic N) is 1. The van der Waals surface area contributed by atoms with Crippen molar-refractivity contribution in [1.82, 2.24) is 4.67 Å². The zero-order valence-corrected chi connectivity index (χ0v) is 15.4. The van der Waals surface area contributed by atoms with Crippen LogP contribution in [0.4, 0.5) is 0 Å². The van der Waals surface area contributed by atoms with Crippen molar-refractivity contribution < 1.29 is 17.9 Å². The van der Waals surface area contributed by atoms with Gasteiger partial charge in [0.25, 0.3) is 0 Å². The van der Waals surface area contributed by atoms with E-state index in [4.69, 9.17) is 42.1 Å². The summed E-state index contributed by atoms with van der Waals surface area (Å²) < 4.78 is 30.6. The standard InChI is InChI=1S/C15H15Cl2N2O5P/c16-4-6-19(7-5-17)25(18,21)24-15-13-11(3-8-22-13)9-10-1-2-12(20)23-14(10)15/h1-3,8-9H,4-7H2,(H2,18,21). The average molecular weight is 405 g/mol. The fraction of sp³-hybridized carbons (Fsp3) is 0.267. The molecule has 0 aliphatic carbocycles. The third-order valence-corrected chi connectivity index (χ3v) is 5.56. The molecule has 0 amide bonds. The average Bonchev–Trinajstić information content (AvgIpc) is 3.03. The molecule has 2 heterocycles. The normalized spacial score (nSPS) is 14.2. The van der Waals surface area contributed by atoms with Gasteiger partial charge in [0.05, 0.1) is 6.26 Å². The van der Waals surface area contributed by atoms with Gasteiger partial charge in [-0.05, 0) is 18.2 Å². The maximum atomic E-state index is 13.0. The molecule has 3 rings (SSSR count). The maximum absolute atomic E-state index is 13.0. The highest BCUT2D eigenvalue weighted by Gasteiger charge is 2.31. The summed E-state index contributed by atoms with van der Waals surface area (Å²) in [7, 11) is -3.81. The Morgan fingerprint density at radius 1 is 1.12 bits per heavy atom. The van der Waals surface area contributed by atoms with Crippen LogP contribution in [0.5, 0.6) is 5.75 Å². The lowest BCUT2D eigenvalue weighted by Gasteiger charge is -2.26. The summed E-state index contributed by atoms with van der Waals surface area (Å²) in [5, 5.41) is 1.28. The van der Waals surface area contributed by atoms with Gasteiger partial charge in [0, 0.05) is 41.7 Å². The Bertz CT molecular complexity index is 996. The molecule has 0 radical (unpaired) electrons. The van der Waals surface area contributed by atoms with Gasteiger partial charge >= 0.3 is 13.3 Å². The molecule has 3 aromatic rings. The Labute approximate surface area is 152 Å². The monoisotopic (exact) mass is 404 g/mol. The van der Waals surface area contributed by atoms with Gasteiger partial charge in [0.15, 0.2) is 11.2 Å². The van der Waals surface area contributed by atoms with Gasteiger partial charge in [-0.25, -0.2) is 19.5 Å². The molecule has 0 aliphatic heterocycles. The Balaban J connectivity index is 2.15. The van der Waals surface area contributed by atoms with Crippen LogP contribution >= 0.6 is 30.9 Å².